The third kappa shape index (κ3) is 8.45. The molecule has 0 amide bonds. The van der Waals surface area contributed by atoms with Gasteiger partial charge in [-0.25, -0.2) is 13.2 Å². The number of para-hydroxylation sites is 1. The lowest BCUT2D eigenvalue weighted by Gasteiger charge is -2.22. The van der Waals surface area contributed by atoms with Gasteiger partial charge in [-0.05, 0) is 79.1 Å². The van der Waals surface area contributed by atoms with Crippen molar-refractivity contribution in [1.29, 1.82) is 0 Å². The molecule has 0 aliphatic rings. The number of hydrogen-bond acceptors (Lipinski definition) is 4. The molecule has 3 aromatic rings. The van der Waals surface area contributed by atoms with Gasteiger partial charge in [-0.1, -0.05) is 88.4 Å². The summed E-state index contributed by atoms with van der Waals surface area (Å²) in [6.07, 6.45) is 9.19. The van der Waals surface area contributed by atoms with Crippen molar-refractivity contribution in [3.8, 4) is 0 Å². The fraction of sp³-hybridized carbons (Fsp3) is 0.406. The zero-order chi connectivity index (χ0) is 27.4. The quantitative estimate of drug-likeness (QED) is 0.184. The topological polar surface area (TPSA) is 83.5 Å². The highest BCUT2D eigenvalue weighted by Crippen LogP contribution is 2.26. The average molecular weight is 536 g/mol. The first-order chi connectivity index (χ1) is 18.3. The second-order valence-electron chi connectivity index (χ2n) is 9.93. The molecule has 2 N–H and O–H groups in total. The van der Waals surface area contributed by atoms with Crippen LogP contribution in [-0.2, 0) is 29.1 Å². The molecule has 0 aliphatic heterocycles. The van der Waals surface area contributed by atoms with E-state index in [1.54, 1.807) is 24.3 Å². The fourth-order valence-electron chi connectivity index (χ4n) is 4.60. The van der Waals surface area contributed by atoms with Crippen LogP contribution in [0, 0.1) is 0 Å². The Balaban J connectivity index is 1.79. The van der Waals surface area contributed by atoms with Gasteiger partial charge < -0.3 is 10.4 Å². The molecular weight excluding hydrogens is 494 g/mol. The molecule has 0 aliphatic carbocycles. The van der Waals surface area contributed by atoms with Crippen molar-refractivity contribution in [3.05, 3.63) is 95.1 Å². The summed E-state index contributed by atoms with van der Waals surface area (Å²) in [6, 6.07) is 22.2. The maximum Gasteiger partial charge on any atom is 0.335 e. The molecule has 0 aromatic heterocycles. The van der Waals surface area contributed by atoms with Crippen molar-refractivity contribution >= 4 is 21.5 Å². The number of nitrogens with one attached hydrogen (secondary N) is 1. The number of aryl methyl sites for hydroxylation is 3. The minimum Gasteiger partial charge on any atom is -0.478 e. The monoisotopic (exact) mass is 535 g/mol. The molecule has 0 radical (unpaired) electrons. The number of carbonyl (C=O) groups is 1. The van der Waals surface area contributed by atoms with Gasteiger partial charge >= 0.3 is 5.97 Å². The highest BCUT2D eigenvalue weighted by Gasteiger charge is 2.27. The zero-order valence-electron chi connectivity index (χ0n) is 22.7. The number of carboxylic acid groups (broad SMARTS) is 1. The first kappa shape index (κ1) is 29.4. The van der Waals surface area contributed by atoms with Crippen LogP contribution in [0.4, 0.5) is 5.69 Å². The van der Waals surface area contributed by atoms with E-state index in [1.807, 2.05) is 48.5 Å². The second-order valence-corrected chi connectivity index (χ2v) is 12.1. The number of sulfone groups is 1. The lowest BCUT2D eigenvalue weighted by molar-refractivity contribution is 0.0697. The van der Waals surface area contributed by atoms with Crippen LogP contribution in [-0.4, -0.2) is 24.9 Å². The van der Waals surface area contributed by atoms with Crippen LogP contribution in [0.5, 0.6) is 0 Å². The van der Waals surface area contributed by atoms with E-state index in [1.165, 1.54) is 5.56 Å². The third-order valence-electron chi connectivity index (χ3n) is 6.98. The zero-order valence-corrected chi connectivity index (χ0v) is 23.5. The molecule has 0 saturated carbocycles. The number of aromatic carboxylic acids is 1. The van der Waals surface area contributed by atoms with E-state index < -0.39 is 21.2 Å². The van der Waals surface area contributed by atoms with Crippen molar-refractivity contribution in [2.24, 2.45) is 0 Å². The number of carboxylic acids is 1. The summed E-state index contributed by atoms with van der Waals surface area (Å²) in [4.78, 5) is 11.5. The number of hydrogen-bond donors (Lipinski definition) is 2. The fourth-order valence-corrected chi connectivity index (χ4v) is 6.20. The summed E-state index contributed by atoms with van der Waals surface area (Å²) >= 11 is 0. The lowest BCUT2D eigenvalue weighted by Crippen LogP contribution is -2.30. The summed E-state index contributed by atoms with van der Waals surface area (Å²) < 4.78 is 27.6. The number of benzene rings is 3. The maximum absolute atomic E-state index is 13.8. The Bertz CT molecular complexity index is 1250. The molecule has 0 saturated heterocycles. The van der Waals surface area contributed by atoms with Gasteiger partial charge in [-0.3, -0.25) is 0 Å². The molecule has 0 fully saturated rings. The Kier molecular flexibility index (Phi) is 11.4. The van der Waals surface area contributed by atoms with Gasteiger partial charge in [0.05, 0.1) is 10.5 Å². The molecule has 1 atom stereocenters. The van der Waals surface area contributed by atoms with E-state index in [-0.39, 0.29) is 5.56 Å². The predicted octanol–water partition coefficient (Wildman–Crippen LogP) is 7.69. The highest BCUT2D eigenvalue weighted by molar-refractivity contribution is 7.92. The Morgan fingerprint density at radius 2 is 1.39 bits per heavy atom. The molecule has 204 valence electrons. The Morgan fingerprint density at radius 3 is 2.05 bits per heavy atom. The van der Waals surface area contributed by atoms with Crippen molar-refractivity contribution in [2.45, 2.75) is 88.3 Å². The molecule has 0 spiro atoms. The van der Waals surface area contributed by atoms with Crippen LogP contribution in [0.25, 0.3) is 0 Å². The number of rotatable bonds is 16. The van der Waals surface area contributed by atoms with Gasteiger partial charge in [0, 0.05) is 5.69 Å². The van der Waals surface area contributed by atoms with Gasteiger partial charge in [0.1, 0.15) is 5.37 Å². The lowest BCUT2D eigenvalue weighted by atomic mass is 10.0. The van der Waals surface area contributed by atoms with E-state index in [9.17, 15) is 13.2 Å². The molecule has 5 nitrogen and oxygen atoms in total. The Labute approximate surface area is 228 Å². The van der Waals surface area contributed by atoms with Crippen molar-refractivity contribution in [3.63, 3.8) is 0 Å². The van der Waals surface area contributed by atoms with Gasteiger partial charge in [0.25, 0.3) is 0 Å². The van der Waals surface area contributed by atoms with Crippen LogP contribution in [0.3, 0.4) is 0 Å². The molecule has 0 bridgehead atoms. The summed E-state index contributed by atoms with van der Waals surface area (Å²) in [5.74, 6) is -0.937. The summed E-state index contributed by atoms with van der Waals surface area (Å²) in [5.41, 5.74) is 4.35. The maximum atomic E-state index is 13.8. The smallest absolute Gasteiger partial charge is 0.335 e. The van der Waals surface area contributed by atoms with E-state index in [2.05, 4.69) is 19.2 Å². The second kappa shape index (κ2) is 14.7. The van der Waals surface area contributed by atoms with Crippen LogP contribution in [0.1, 0.15) is 85.8 Å². The minimum atomic E-state index is -3.59. The summed E-state index contributed by atoms with van der Waals surface area (Å²) in [5, 5.41) is 11.8. The largest absolute Gasteiger partial charge is 0.478 e. The summed E-state index contributed by atoms with van der Waals surface area (Å²) in [6.45, 7) is 4.30. The van der Waals surface area contributed by atoms with Crippen molar-refractivity contribution in [2.75, 3.05) is 5.32 Å². The van der Waals surface area contributed by atoms with Gasteiger partial charge in [0.2, 0.25) is 0 Å². The third-order valence-corrected chi connectivity index (χ3v) is 9.01. The van der Waals surface area contributed by atoms with E-state index in [4.69, 9.17) is 5.11 Å². The van der Waals surface area contributed by atoms with Gasteiger partial charge in [0.15, 0.2) is 9.84 Å². The van der Waals surface area contributed by atoms with Crippen LogP contribution < -0.4 is 5.32 Å². The predicted molar refractivity (Wildman–Crippen MR) is 156 cm³/mol. The molecule has 3 aromatic carbocycles. The van der Waals surface area contributed by atoms with E-state index in [0.717, 1.165) is 68.2 Å². The van der Waals surface area contributed by atoms with Crippen LogP contribution in [0.2, 0.25) is 0 Å². The van der Waals surface area contributed by atoms with Crippen LogP contribution in [0.15, 0.2) is 77.7 Å². The first-order valence-electron chi connectivity index (χ1n) is 13.8. The van der Waals surface area contributed by atoms with Crippen LogP contribution >= 0.6 is 0 Å². The van der Waals surface area contributed by atoms with Gasteiger partial charge in [-0.2, -0.15) is 0 Å². The molecular formula is C32H41NO4S. The summed E-state index contributed by atoms with van der Waals surface area (Å²) in [7, 11) is -3.59. The normalized spacial score (nSPS) is 12.3. The number of anilines is 1. The molecule has 1 unspecified atom stereocenters. The van der Waals surface area contributed by atoms with Crippen molar-refractivity contribution < 1.29 is 18.3 Å². The molecule has 6 heteroatoms. The SMILES string of the molecule is CCCCCCC(Nc1ccccc1CCc1ccc(C(=O)O)cc1)S(=O)(=O)c1ccc(CCCC)cc1. The average Bonchev–Trinajstić information content (AvgIpc) is 2.93. The van der Waals surface area contributed by atoms with Crippen molar-refractivity contribution in [1.82, 2.24) is 0 Å². The molecule has 0 heterocycles. The van der Waals surface area contributed by atoms with E-state index >= 15 is 0 Å². The minimum absolute atomic E-state index is 0.269. The highest BCUT2D eigenvalue weighted by atomic mass is 32.2. The Morgan fingerprint density at radius 1 is 0.763 bits per heavy atom. The van der Waals surface area contributed by atoms with Gasteiger partial charge in [-0.15, -0.1) is 0 Å². The first-order valence-corrected chi connectivity index (χ1v) is 15.4. The number of unbranched alkanes of at least 4 members (excludes halogenated alkanes) is 4. The van der Waals surface area contributed by atoms with E-state index in [0.29, 0.717) is 17.7 Å². The molecule has 38 heavy (non-hydrogen) atoms. The standard InChI is InChI=1S/C32H41NO4S/c1-3-5-7-8-14-31(38(36,37)29-23-18-25(19-24-29)11-6-4-2)33-30-13-10-9-12-27(30)20-15-26-16-21-28(22-17-26)32(34)35/h9-10,12-13,16-19,21-24,31,33H,3-8,11,14-15,20H2,1-2H3,(H,34,35). The molecule has 3 rings (SSSR count). The Hall–Kier alpha value is -3.12.